The molecular weight excluding hydrogens is 437 g/mol. The summed E-state index contributed by atoms with van der Waals surface area (Å²) in [6.45, 7) is 1.48. The average molecular weight is 464 g/mol. The van der Waals surface area contributed by atoms with Gasteiger partial charge in [0, 0.05) is 18.0 Å². The molecule has 0 spiro atoms. The van der Waals surface area contributed by atoms with E-state index in [0.29, 0.717) is 0 Å². The summed E-state index contributed by atoms with van der Waals surface area (Å²) in [5.74, 6) is -1.08. The highest BCUT2D eigenvalue weighted by atomic mass is 19.1. The zero-order chi connectivity index (χ0) is 24.2. The molecule has 176 valence electrons. The third-order valence-corrected chi connectivity index (χ3v) is 6.13. The zero-order valence-electron chi connectivity index (χ0n) is 18.7. The maximum atomic E-state index is 13.5. The van der Waals surface area contributed by atoms with Gasteiger partial charge in [-0.25, -0.2) is 9.18 Å². The molecule has 1 aliphatic rings. The Morgan fingerprint density at radius 1 is 1.00 bits per heavy atom. The second kappa shape index (κ2) is 10.2. The van der Waals surface area contributed by atoms with Crippen LogP contribution in [0.2, 0.25) is 0 Å². The van der Waals surface area contributed by atoms with E-state index in [0.717, 1.165) is 34.4 Å². The number of hydrogen-bond donors (Lipinski definition) is 3. The van der Waals surface area contributed by atoms with Crippen molar-refractivity contribution >= 4 is 11.9 Å². The summed E-state index contributed by atoms with van der Waals surface area (Å²) in [5.41, 5.74) is 4.63. The van der Waals surface area contributed by atoms with Crippen LogP contribution in [-0.2, 0) is 4.74 Å². The first-order valence-electron chi connectivity index (χ1n) is 11.1. The summed E-state index contributed by atoms with van der Waals surface area (Å²) in [6, 6.07) is 19.5. The van der Waals surface area contributed by atoms with Crippen LogP contribution in [0, 0.1) is 5.82 Å². The lowest BCUT2D eigenvalue weighted by atomic mass is 9.95. The van der Waals surface area contributed by atoms with Crippen molar-refractivity contribution in [2.24, 2.45) is 0 Å². The monoisotopic (exact) mass is 463 g/mol. The lowest BCUT2D eigenvalue weighted by Crippen LogP contribution is -2.31. The maximum Gasteiger partial charge on any atom is 0.407 e. The number of hydrogen-bond acceptors (Lipinski definition) is 5. The molecule has 4 rings (SSSR count). The highest BCUT2D eigenvalue weighted by molar-refractivity contribution is 5.95. The van der Waals surface area contributed by atoms with Crippen molar-refractivity contribution in [3.05, 3.63) is 94.8 Å². The van der Waals surface area contributed by atoms with Gasteiger partial charge in [-0.15, -0.1) is 0 Å². The molecule has 0 fully saturated rings. The molecule has 7 heteroatoms. The Morgan fingerprint density at radius 2 is 1.62 bits per heavy atom. The fourth-order valence-electron chi connectivity index (χ4n) is 4.43. The molecule has 6 nitrogen and oxygen atoms in total. The number of Topliss-reactive ketones (excluding diaryl/α,β-unsaturated/α-hetero) is 1. The predicted molar refractivity (Wildman–Crippen MR) is 125 cm³/mol. The van der Waals surface area contributed by atoms with Crippen LogP contribution in [0.4, 0.5) is 9.18 Å². The first-order chi connectivity index (χ1) is 16.4. The second-order valence-electron chi connectivity index (χ2n) is 8.34. The first kappa shape index (κ1) is 23.6. The molecule has 2 unspecified atom stereocenters. The van der Waals surface area contributed by atoms with E-state index in [-0.39, 0.29) is 36.6 Å². The van der Waals surface area contributed by atoms with Gasteiger partial charge in [0.15, 0.2) is 5.78 Å². The first-order valence-corrected chi connectivity index (χ1v) is 11.1. The van der Waals surface area contributed by atoms with Crippen LogP contribution >= 0.6 is 0 Å². The van der Waals surface area contributed by atoms with Crippen molar-refractivity contribution in [1.82, 2.24) is 5.32 Å². The van der Waals surface area contributed by atoms with Crippen molar-refractivity contribution in [2.75, 3.05) is 13.2 Å². The molecule has 3 aromatic carbocycles. The highest BCUT2D eigenvalue weighted by Gasteiger charge is 2.29. The molecule has 3 aromatic rings. The van der Waals surface area contributed by atoms with E-state index in [4.69, 9.17) is 4.74 Å². The fourth-order valence-corrected chi connectivity index (χ4v) is 4.43. The Balaban J connectivity index is 1.30. The van der Waals surface area contributed by atoms with Gasteiger partial charge in [0.2, 0.25) is 0 Å². The SMILES string of the molecule is CC(=O)c1cc(F)ccc1C(O)C(O)CCNC(=O)OCC1c2ccccc2-c2ccccc21. The molecule has 1 aliphatic carbocycles. The molecule has 0 bridgehead atoms. The van der Waals surface area contributed by atoms with E-state index < -0.39 is 29.9 Å². The van der Waals surface area contributed by atoms with Crippen LogP contribution < -0.4 is 5.32 Å². The Hall–Kier alpha value is -3.55. The molecule has 0 aromatic heterocycles. The summed E-state index contributed by atoms with van der Waals surface area (Å²) >= 11 is 0. The molecule has 0 heterocycles. The Morgan fingerprint density at radius 3 is 2.24 bits per heavy atom. The largest absolute Gasteiger partial charge is 0.449 e. The number of ether oxygens (including phenoxy) is 1. The van der Waals surface area contributed by atoms with Crippen LogP contribution in [0.3, 0.4) is 0 Å². The van der Waals surface area contributed by atoms with E-state index in [1.165, 1.54) is 13.0 Å². The van der Waals surface area contributed by atoms with Gasteiger partial charge in [-0.1, -0.05) is 54.6 Å². The third-order valence-electron chi connectivity index (χ3n) is 6.13. The molecule has 2 atom stereocenters. The smallest absolute Gasteiger partial charge is 0.407 e. The van der Waals surface area contributed by atoms with Crippen LogP contribution in [0.1, 0.15) is 52.4 Å². The Labute approximate surface area is 197 Å². The minimum Gasteiger partial charge on any atom is -0.449 e. The number of aliphatic hydroxyl groups excluding tert-OH is 2. The van der Waals surface area contributed by atoms with Gasteiger partial charge in [0.1, 0.15) is 18.5 Å². The van der Waals surface area contributed by atoms with Crippen molar-refractivity contribution in [2.45, 2.75) is 31.5 Å². The Bertz CT molecular complexity index is 1170. The number of carbonyl (C=O) groups is 2. The predicted octanol–water partition coefficient (Wildman–Crippen LogP) is 4.35. The van der Waals surface area contributed by atoms with E-state index in [1.807, 2.05) is 36.4 Å². The van der Waals surface area contributed by atoms with Crippen molar-refractivity contribution in [3.63, 3.8) is 0 Å². The lowest BCUT2D eigenvalue weighted by Gasteiger charge is -2.20. The number of halogens is 1. The maximum absolute atomic E-state index is 13.5. The molecule has 34 heavy (non-hydrogen) atoms. The van der Waals surface area contributed by atoms with Gasteiger partial charge in [-0.2, -0.15) is 0 Å². The number of benzene rings is 3. The zero-order valence-corrected chi connectivity index (χ0v) is 18.7. The lowest BCUT2D eigenvalue weighted by molar-refractivity contribution is 0.0132. The average Bonchev–Trinajstić information content (AvgIpc) is 3.16. The number of nitrogens with one attached hydrogen (secondary N) is 1. The normalized spacial score (nSPS) is 14.1. The van der Waals surface area contributed by atoms with Gasteiger partial charge < -0.3 is 20.3 Å². The van der Waals surface area contributed by atoms with E-state index in [1.54, 1.807) is 0 Å². The molecule has 0 aliphatic heterocycles. The second-order valence-corrected chi connectivity index (χ2v) is 8.34. The number of alkyl carbamates (subject to hydrolysis) is 1. The summed E-state index contributed by atoms with van der Waals surface area (Å²) in [5, 5.41) is 23.4. The number of fused-ring (bicyclic) bond motifs is 3. The van der Waals surface area contributed by atoms with E-state index in [2.05, 4.69) is 17.4 Å². The van der Waals surface area contributed by atoms with Crippen molar-refractivity contribution < 1.29 is 28.9 Å². The highest BCUT2D eigenvalue weighted by Crippen LogP contribution is 2.44. The molecule has 0 saturated heterocycles. The third kappa shape index (κ3) is 4.85. The summed E-state index contributed by atoms with van der Waals surface area (Å²) in [6.07, 6.45) is -3.28. The molecule has 0 saturated carbocycles. The number of amides is 1. The van der Waals surface area contributed by atoms with Crippen LogP contribution in [-0.4, -0.2) is 41.3 Å². The Kier molecular flexibility index (Phi) is 7.05. The van der Waals surface area contributed by atoms with Gasteiger partial charge in [0.05, 0.1) is 6.10 Å². The summed E-state index contributed by atoms with van der Waals surface area (Å²) in [7, 11) is 0. The fraction of sp³-hybridized carbons (Fsp3) is 0.259. The number of aliphatic hydroxyl groups is 2. The van der Waals surface area contributed by atoms with Crippen LogP contribution in [0.5, 0.6) is 0 Å². The summed E-state index contributed by atoms with van der Waals surface area (Å²) < 4.78 is 18.9. The number of carbonyl (C=O) groups excluding carboxylic acids is 2. The minimum absolute atomic E-state index is 0.0102. The molecular formula is C27H26FNO5. The van der Waals surface area contributed by atoms with E-state index in [9.17, 15) is 24.2 Å². The number of rotatable bonds is 8. The van der Waals surface area contributed by atoms with Gasteiger partial charge in [0.25, 0.3) is 0 Å². The number of ketones is 1. The summed E-state index contributed by atoms with van der Waals surface area (Å²) in [4.78, 5) is 24.0. The molecule has 3 N–H and O–H groups in total. The quantitative estimate of drug-likeness (QED) is 0.432. The van der Waals surface area contributed by atoms with E-state index >= 15 is 0 Å². The van der Waals surface area contributed by atoms with Crippen LogP contribution in [0.15, 0.2) is 66.7 Å². The van der Waals surface area contributed by atoms with Crippen molar-refractivity contribution in [1.29, 1.82) is 0 Å². The van der Waals surface area contributed by atoms with Crippen molar-refractivity contribution in [3.8, 4) is 11.1 Å². The molecule has 1 amide bonds. The van der Waals surface area contributed by atoms with Gasteiger partial charge in [-0.05, 0) is 53.3 Å². The van der Waals surface area contributed by atoms with Gasteiger partial charge in [-0.3, -0.25) is 4.79 Å². The van der Waals surface area contributed by atoms with Crippen LogP contribution in [0.25, 0.3) is 11.1 Å². The van der Waals surface area contributed by atoms with Gasteiger partial charge >= 0.3 is 6.09 Å². The minimum atomic E-state index is -1.40. The standard InChI is InChI=1S/C27H26FNO5/c1-16(30)23-14-17(28)10-11-22(23)26(32)25(31)12-13-29-27(33)34-15-24-20-8-4-2-6-18(20)19-7-3-5-9-21(19)24/h2-11,14,24-26,31-32H,12-13,15H2,1H3,(H,29,33). The topological polar surface area (TPSA) is 95.9 Å². The molecule has 0 radical (unpaired) electrons.